The molecule has 0 saturated carbocycles. The highest BCUT2D eigenvalue weighted by molar-refractivity contribution is 9.10. The van der Waals surface area contributed by atoms with Crippen LogP contribution in [-0.2, 0) is 0 Å². The lowest BCUT2D eigenvalue weighted by Gasteiger charge is -2.12. The molecule has 0 saturated heterocycles. The topological polar surface area (TPSA) is 33.1 Å². The quantitative estimate of drug-likeness (QED) is 0.773. The molecule has 94 valence electrons. The molecule has 0 aliphatic heterocycles. The Hall–Kier alpha value is -1.71. The molecule has 2 nitrogen and oxygen atoms in total. The monoisotopic (exact) mass is 313 g/mol. The summed E-state index contributed by atoms with van der Waals surface area (Å²) in [7, 11) is 0. The molecule has 1 aromatic heterocycles. The lowest BCUT2D eigenvalue weighted by Crippen LogP contribution is -2.00. The van der Waals surface area contributed by atoms with Gasteiger partial charge in [0.05, 0.1) is 0 Å². The van der Waals surface area contributed by atoms with E-state index in [1.54, 1.807) is 12.4 Å². The summed E-state index contributed by atoms with van der Waals surface area (Å²) in [6.45, 7) is 0. The number of benzene rings is 2. The van der Waals surface area contributed by atoms with Gasteiger partial charge in [-0.05, 0) is 44.4 Å². The second-order valence-corrected chi connectivity index (χ2v) is 5.36. The van der Waals surface area contributed by atoms with Crippen LogP contribution in [0.5, 0.6) is 0 Å². The first-order chi connectivity index (χ1) is 9.24. The normalized spacial score (nSPS) is 12.5. The fourth-order valence-electron chi connectivity index (χ4n) is 2.15. The van der Waals surface area contributed by atoms with E-state index >= 15 is 0 Å². The molecule has 0 aliphatic rings. The molecular weight excluding hydrogens is 302 g/mol. The van der Waals surface area contributed by atoms with Gasteiger partial charge in [-0.2, -0.15) is 0 Å². The zero-order chi connectivity index (χ0) is 13.2. The average Bonchev–Trinajstić information content (AvgIpc) is 2.46. The van der Waals surface area contributed by atoms with E-state index in [2.05, 4.69) is 27.0 Å². The van der Waals surface area contributed by atoms with Crippen LogP contribution in [0.4, 0.5) is 0 Å². The van der Waals surface area contributed by atoms with Crippen LogP contribution in [0.1, 0.15) is 17.2 Å². The Kier molecular flexibility index (Phi) is 3.32. The third kappa shape index (κ3) is 2.53. The van der Waals surface area contributed by atoms with E-state index in [-0.39, 0.29) is 0 Å². The first kappa shape index (κ1) is 12.3. The molecule has 0 spiro atoms. The van der Waals surface area contributed by atoms with Gasteiger partial charge in [-0.15, -0.1) is 0 Å². The van der Waals surface area contributed by atoms with E-state index in [1.807, 2.05) is 42.5 Å². The van der Waals surface area contributed by atoms with Crippen LogP contribution in [0.3, 0.4) is 0 Å². The maximum Gasteiger partial charge on any atom is 0.106 e. The third-order valence-corrected chi connectivity index (χ3v) is 3.56. The van der Waals surface area contributed by atoms with E-state index in [4.69, 9.17) is 0 Å². The van der Waals surface area contributed by atoms with E-state index in [0.29, 0.717) is 0 Å². The van der Waals surface area contributed by atoms with Gasteiger partial charge in [-0.3, -0.25) is 4.98 Å². The van der Waals surface area contributed by atoms with Gasteiger partial charge < -0.3 is 5.11 Å². The number of fused-ring (bicyclic) bond motifs is 1. The highest BCUT2D eigenvalue weighted by Crippen LogP contribution is 2.26. The van der Waals surface area contributed by atoms with Gasteiger partial charge in [0, 0.05) is 22.4 Å². The maximum absolute atomic E-state index is 10.4. The highest BCUT2D eigenvalue weighted by atomic mass is 79.9. The smallest absolute Gasteiger partial charge is 0.106 e. The summed E-state index contributed by atoms with van der Waals surface area (Å²) in [4.78, 5) is 4.09. The van der Waals surface area contributed by atoms with E-state index < -0.39 is 6.10 Å². The molecular formula is C16H12BrNO. The minimum Gasteiger partial charge on any atom is -0.384 e. The molecule has 0 amide bonds. The Morgan fingerprint density at radius 2 is 1.68 bits per heavy atom. The fourth-order valence-corrected chi connectivity index (χ4v) is 2.53. The SMILES string of the molecule is OC(c1cncc(Br)c1)c1ccc2ccccc2c1. The van der Waals surface area contributed by atoms with Crippen molar-refractivity contribution in [1.29, 1.82) is 0 Å². The number of hydrogen-bond acceptors (Lipinski definition) is 2. The minimum absolute atomic E-state index is 0.658. The highest BCUT2D eigenvalue weighted by Gasteiger charge is 2.11. The summed E-state index contributed by atoms with van der Waals surface area (Å²) in [5.74, 6) is 0. The molecule has 1 atom stereocenters. The van der Waals surface area contributed by atoms with Crippen molar-refractivity contribution in [1.82, 2.24) is 4.98 Å². The second-order valence-electron chi connectivity index (χ2n) is 4.45. The molecule has 3 aromatic rings. The molecule has 0 radical (unpaired) electrons. The van der Waals surface area contributed by atoms with Crippen LogP contribution >= 0.6 is 15.9 Å². The largest absolute Gasteiger partial charge is 0.384 e. The molecule has 1 N–H and O–H groups in total. The predicted octanol–water partition coefficient (Wildman–Crippen LogP) is 4.08. The van der Waals surface area contributed by atoms with E-state index in [1.165, 1.54) is 5.39 Å². The van der Waals surface area contributed by atoms with Gasteiger partial charge in [0.25, 0.3) is 0 Å². The molecule has 1 unspecified atom stereocenters. The summed E-state index contributed by atoms with van der Waals surface area (Å²) < 4.78 is 0.866. The van der Waals surface area contributed by atoms with Crippen molar-refractivity contribution in [3.63, 3.8) is 0 Å². The molecule has 3 heteroatoms. The van der Waals surface area contributed by atoms with E-state index in [9.17, 15) is 5.11 Å². The van der Waals surface area contributed by atoms with Crippen LogP contribution in [-0.4, -0.2) is 10.1 Å². The van der Waals surface area contributed by atoms with Crippen molar-refractivity contribution < 1.29 is 5.11 Å². The number of hydrogen-bond donors (Lipinski definition) is 1. The van der Waals surface area contributed by atoms with Gasteiger partial charge in [0.1, 0.15) is 6.10 Å². The molecule has 0 fully saturated rings. The molecule has 2 aromatic carbocycles. The fraction of sp³-hybridized carbons (Fsp3) is 0.0625. The van der Waals surface area contributed by atoms with Gasteiger partial charge in [-0.1, -0.05) is 36.4 Å². The summed E-state index contributed by atoms with van der Waals surface area (Å²) in [6, 6.07) is 16.0. The van der Waals surface area contributed by atoms with Crippen molar-refractivity contribution in [2.75, 3.05) is 0 Å². The predicted molar refractivity (Wildman–Crippen MR) is 79.9 cm³/mol. The van der Waals surface area contributed by atoms with Crippen LogP contribution < -0.4 is 0 Å². The Morgan fingerprint density at radius 3 is 2.47 bits per heavy atom. The zero-order valence-corrected chi connectivity index (χ0v) is 11.7. The molecule has 1 heterocycles. The number of nitrogens with zero attached hydrogens (tertiary/aromatic N) is 1. The van der Waals surface area contributed by atoms with Gasteiger partial charge >= 0.3 is 0 Å². The van der Waals surface area contributed by atoms with Crippen LogP contribution in [0.2, 0.25) is 0 Å². The van der Waals surface area contributed by atoms with Crippen LogP contribution in [0, 0.1) is 0 Å². The number of aliphatic hydroxyl groups excluding tert-OH is 1. The molecule has 19 heavy (non-hydrogen) atoms. The summed E-state index contributed by atoms with van der Waals surface area (Å²) >= 11 is 3.37. The Morgan fingerprint density at radius 1 is 0.895 bits per heavy atom. The minimum atomic E-state index is -0.658. The van der Waals surface area contributed by atoms with Crippen molar-refractivity contribution in [2.24, 2.45) is 0 Å². The maximum atomic E-state index is 10.4. The van der Waals surface area contributed by atoms with Crippen molar-refractivity contribution >= 4 is 26.7 Å². The van der Waals surface area contributed by atoms with Gasteiger partial charge in [0.15, 0.2) is 0 Å². The standard InChI is InChI=1S/C16H12BrNO/c17-15-8-14(9-18-10-15)16(19)13-6-5-11-3-1-2-4-12(11)7-13/h1-10,16,19H. The summed E-state index contributed by atoms with van der Waals surface area (Å²) in [5.41, 5.74) is 1.66. The average molecular weight is 314 g/mol. The molecule has 3 rings (SSSR count). The lowest BCUT2D eigenvalue weighted by atomic mass is 10.00. The Labute approximate surface area is 119 Å². The molecule has 0 bridgehead atoms. The number of halogens is 1. The third-order valence-electron chi connectivity index (χ3n) is 3.13. The summed E-state index contributed by atoms with van der Waals surface area (Å²) in [5, 5.41) is 12.7. The van der Waals surface area contributed by atoms with Crippen molar-refractivity contribution in [3.05, 3.63) is 76.5 Å². The number of pyridine rings is 1. The summed E-state index contributed by atoms with van der Waals surface area (Å²) in [6.07, 6.45) is 2.73. The van der Waals surface area contributed by atoms with Crippen LogP contribution in [0.15, 0.2) is 65.4 Å². The number of aromatic nitrogens is 1. The number of rotatable bonds is 2. The van der Waals surface area contributed by atoms with Crippen molar-refractivity contribution in [2.45, 2.75) is 6.10 Å². The molecule has 0 aliphatic carbocycles. The lowest BCUT2D eigenvalue weighted by molar-refractivity contribution is 0.220. The van der Waals surface area contributed by atoms with Gasteiger partial charge in [-0.25, -0.2) is 0 Å². The second kappa shape index (κ2) is 5.11. The van der Waals surface area contributed by atoms with Crippen LogP contribution in [0.25, 0.3) is 10.8 Å². The van der Waals surface area contributed by atoms with Gasteiger partial charge in [0.2, 0.25) is 0 Å². The number of aliphatic hydroxyl groups is 1. The Bertz CT molecular complexity index is 727. The van der Waals surface area contributed by atoms with Crippen molar-refractivity contribution in [3.8, 4) is 0 Å². The first-order valence-corrected chi connectivity index (χ1v) is 6.80. The Balaban J connectivity index is 2.04. The zero-order valence-electron chi connectivity index (χ0n) is 10.1. The van der Waals surface area contributed by atoms with E-state index in [0.717, 1.165) is 21.0 Å². The first-order valence-electron chi connectivity index (χ1n) is 6.01.